The molecule has 1 atom stereocenters. The van der Waals surface area contributed by atoms with Crippen molar-refractivity contribution in [3.8, 4) is 0 Å². The average molecular weight is 171 g/mol. The van der Waals surface area contributed by atoms with Crippen LogP contribution in [-0.2, 0) is 4.43 Å². The maximum atomic E-state index is 5.48. The third-order valence-corrected chi connectivity index (χ3v) is 2.28. The van der Waals surface area contributed by atoms with E-state index in [1.807, 2.05) is 0 Å². The van der Waals surface area contributed by atoms with Crippen molar-refractivity contribution in [1.82, 2.24) is 0 Å². The zero-order valence-electron chi connectivity index (χ0n) is 4.44. The lowest BCUT2D eigenvalue weighted by molar-refractivity contribution is 0.327. The van der Waals surface area contributed by atoms with Gasteiger partial charge in [-0.1, -0.05) is 17.3 Å². The molecule has 0 amide bonds. The Hall–Kier alpha value is 0.497. The number of alkyl halides is 2. The van der Waals surface area contributed by atoms with Crippen LogP contribution in [0, 0.1) is 0 Å². The molecular weight excluding hydrogens is 163 g/mol. The molecule has 0 heterocycles. The van der Waals surface area contributed by atoms with E-state index in [0.29, 0.717) is 5.88 Å². The van der Waals surface area contributed by atoms with Gasteiger partial charge in [0.2, 0.25) is 0 Å². The summed E-state index contributed by atoms with van der Waals surface area (Å²) in [6.45, 7) is 3.50. The lowest BCUT2D eigenvalue weighted by Gasteiger charge is -2.02. The van der Waals surface area contributed by atoms with Crippen LogP contribution in [0.2, 0.25) is 0 Å². The van der Waals surface area contributed by atoms with Gasteiger partial charge in [-0.2, -0.15) is 0 Å². The molecule has 8 heavy (non-hydrogen) atoms. The van der Waals surface area contributed by atoms with Gasteiger partial charge in [-0.3, -0.25) is 0 Å². The molecular formula is C4H8Cl2OSi. The van der Waals surface area contributed by atoms with Crippen LogP contribution in [0.5, 0.6) is 0 Å². The van der Waals surface area contributed by atoms with Crippen molar-refractivity contribution >= 4 is 33.0 Å². The smallest absolute Gasteiger partial charge is 0.186 e. The first-order valence-electron chi connectivity index (χ1n) is 2.23. The molecule has 0 radical (unpaired) electrons. The van der Waals surface area contributed by atoms with Gasteiger partial charge < -0.3 is 4.43 Å². The van der Waals surface area contributed by atoms with E-state index >= 15 is 0 Å². The van der Waals surface area contributed by atoms with Crippen LogP contribution in [0.25, 0.3) is 0 Å². The molecule has 0 aliphatic carbocycles. The fourth-order valence-corrected chi connectivity index (χ4v) is 1.14. The minimum absolute atomic E-state index is 0.318. The van der Waals surface area contributed by atoms with E-state index in [1.54, 1.807) is 5.70 Å². The Morgan fingerprint density at radius 3 is 2.88 bits per heavy atom. The first-order valence-corrected chi connectivity index (χ1v) is 4.60. The van der Waals surface area contributed by atoms with Gasteiger partial charge in [-0.25, -0.2) is 0 Å². The molecule has 0 aromatic heterocycles. The van der Waals surface area contributed by atoms with Crippen molar-refractivity contribution in [2.45, 2.75) is 5.56 Å². The Labute approximate surface area is 61.6 Å². The molecule has 1 unspecified atom stereocenters. The Kier molecular flexibility index (Phi) is 5.98. The van der Waals surface area contributed by atoms with Crippen molar-refractivity contribution in [2.24, 2.45) is 0 Å². The minimum atomic E-state index is -0.589. The highest BCUT2D eigenvalue weighted by molar-refractivity contribution is 6.36. The Balaban J connectivity index is 2.97. The van der Waals surface area contributed by atoms with E-state index in [2.05, 4.69) is 6.58 Å². The molecule has 0 bridgehead atoms. The SMILES string of the molecule is C=C[SiH2]OC(Cl)CCl. The molecule has 0 spiro atoms. The topological polar surface area (TPSA) is 9.23 Å². The zero-order chi connectivity index (χ0) is 6.41. The van der Waals surface area contributed by atoms with Gasteiger partial charge in [0, 0.05) is 0 Å². The predicted molar refractivity (Wildman–Crippen MR) is 40.2 cm³/mol. The van der Waals surface area contributed by atoms with Gasteiger partial charge in [-0.15, -0.1) is 18.2 Å². The van der Waals surface area contributed by atoms with Crippen LogP contribution in [0.4, 0.5) is 0 Å². The zero-order valence-corrected chi connectivity index (χ0v) is 7.37. The lowest BCUT2D eigenvalue weighted by atomic mass is 10.9. The van der Waals surface area contributed by atoms with Crippen LogP contribution < -0.4 is 0 Å². The summed E-state index contributed by atoms with van der Waals surface area (Å²) >= 11 is 10.8. The fourth-order valence-electron chi connectivity index (χ4n) is 0.217. The summed E-state index contributed by atoms with van der Waals surface area (Å²) in [7, 11) is -0.589. The van der Waals surface area contributed by atoms with E-state index in [4.69, 9.17) is 27.6 Å². The molecule has 0 fully saturated rings. The number of rotatable bonds is 4. The van der Waals surface area contributed by atoms with Crippen molar-refractivity contribution in [1.29, 1.82) is 0 Å². The van der Waals surface area contributed by atoms with Gasteiger partial charge in [0.25, 0.3) is 0 Å². The second-order valence-electron chi connectivity index (χ2n) is 1.19. The van der Waals surface area contributed by atoms with Gasteiger partial charge in [0.05, 0.1) is 5.88 Å². The van der Waals surface area contributed by atoms with Gasteiger partial charge in [0.15, 0.2) is 9.76 Å². The normalized spacial score (nSPS) is 14.8. The van der Waals surface area contributed by atoms with Crippen molar-refractivity contribution in [3.05, 3.63) is 12.3 Å². The molecule has 0 rings (SSSR count). The van der Waals surface area contributed by atoms with Crippen LogP contribution in [0.15, 0.2) is 12.3 Å². The standard InChI is InChI=1S/C4H8Cl2OSi/c1-2-8-7-4(6)3-5/h2,4H,1,3,8H2. The molecule has 0 aliphatic rings. The highest BCUT2D eigenvalue weighted by atomic mass is 35.5. The van der Waals surface area contributed by atoms with Crippen LogP contribution >= 0.6 is 23.2 Å². The second-order valence-corrected chi connectivity index (χ2v) is 3.23. The van der Waals surface area contributed by atoms with Crippen molar-refractivity contribution in [2.75, 3.05) is 5.88 Å². The monoisotopic (exact) mass is 170 g/mol. The summed E-state index contributed by atoms with van der Waals surface area (Å²) in [4.78, 5) is 0. The first kappa shape index (κ1) is 8.50. The quantitative estimate of drug-likeness (QED) is 0.453. The molecule has 0 saturated carbocycles. The predicted octanol–water partition coefficient (Wildman–Crippen LogP) is 1.03. The van der Waals surface area contributed by atoms with E-state index in [0.717, 1.165) is 0 Å². The summed E-state index contributed by atoms with van der Waals surface area (Å²) in [6, 6.07) is 0. The van der Waals surface area contributed by atoms with Crippen LogP contribution in [0.1, 0.15) is 0 Å². The summed E-state index contributed by atoms with van der Waals surface area (Å²) in [5, 5.41) is 0. The second kappa shape index (κ2) is 5.63. The Morgan fingerprint density at radius 2 is 2.50 bits per heavy atom. The largest absolute Gasteiger partial charge is 0.402 e. The number of hydrogen-bond acceptors (Lipinski definition) is 1. The number of hydrogen-bond donors (Lipinski definition) is 0. The third kappa shape index (κ3) is 4.65. The van der Waals surface area contributed by atoms with E-state index in [1.165, 1.54) is 0 Å². The molecule has 0 N–H and O–H groups in total. The molecule has 0 aromatic carbocycles. The van der Waals surface area contributed by atoms with Gasteiger partial charge in [0.1, 0.15) is 5.56 Å². The van der Waals surface area contributed by atoms with Gasteiger partial charge >= 0.3 is 0 Å². The first-order chi connectivity index (χ1) is 3.81. The average Bonchev–Trinajstić information content (AvgIpc) is 1.83. The van der Waals surface area contributed by atoms with Crippen molar-refractivity contribution < 1.29 is 4.43 Å². The number of halogens is 2. The molecule has 1 nitrogen and oxygen atoms in total. The van der Waals surface area contributed by atoms with E-state index in [-0.39, 0.29) is 5.56 Å². The highest BCUT2D eigenvalue weighted by Gasteiger charge is 1.97. The summed E-state index contributed by atoms with van der Waals surface area (Å²) in [5.41, 5.74) is 1.45. The fraction of sp³-hybridized carbons (Fsp3) is 0.500. The third-order valence-electron chi connectivity index (χ3n) is 0.516. The van der Waals surface area contributed by atoms with Crippen molar-refractivity contribution in [3.63, 3.8) is 0 Å². The molecule has 4 heteroatoms. The Morgan fingerprint density at radius 1 is 1.88 bits per heavy atom. The minimum Gasteiger partial charge on any atom is -0.402 e. The molecule has 0 aromatic rings. The van der Waals surface area contributed by atoms with Crippen LogP contribution in [-0.4, -0.2) is 21.2 Å². The molecule has 0 aliphatic heterocycles. The highest BCUT2D eigenvalue weighted by Crippen LogP contribution is 1.98. The molecule has 0 saturated heterocycles. The summed E-state index contributed by atoms with van der Waals surface area (Å²) < 4.78 is 4.99. The maximum absolute atomic E-state index is 5.48. The molecule has 48 valence electrons. The summed E-state index contributed by atoms with van der Waals surface area (Å²) in [6.07, 6.45) is 0. The lowest BCUT2D eigenvalue weighted by Crippen LogP contribution is -2.08. The van der Waals surface area contributed by atoms with E-state index < -0.39 is 9.76 Å². The van der Waals surface area contributed by atoms with Crippen LogP contribution in [0.3, 0.4) is 0 Å². The maximum Gasteiger partial charge on any atom is 0.186 e. The van der Waals surface area contributed by atoms with E-state index in [9.17, 15) is 0 Å². The summed E-state index contributed by atoms with van der Waals surface area (Å²) in [5.74, 6) is 0.350. The Bertz CT molecular complexity index is 69.1. The van der Waals surface area contributed by atoms with Gasteiger partial charge in [-0.05, 0) is 0 Å².